The van der Waals surface area contributed by atoms with Crippen molar-refractivity contribution in [1.29, 1.82) is 0 Å². The molecule has 17 heavy (non-hydrogen) atoms. The molecule has 98 valence electrons. The van der Waals surface area contributed by atoms with Crippen molar-refractivity contribution in [3.63, 3.8) is 0 Å². The van der Waals surface area contributed by atoms with E-state index in [9.17, 15) is 19.2 Å². The van der Waals surface area contributed by atoms with Gasteiger partial charge in [0.05, 0.1) is 0 Å². The Balaban J connectivity index is 0. The lowest BCUT2D eigenvalue weighted by Gasteiger charge is -1.92. The molecule has 0 aromatic carbocycles. The summed E-state index contributed by atoms with van der Waals surface area (Å²) in [5.41, 5.74) is 0. The highest BCUT2D eigenvalue weighted by Gasteiger charge is 1.99. The number of carbonyl (C=O) groups is 4. The Morgan fingerprint density at radius 1 is 0.765 bits per heavy atom. The summed E-state index contributed by atoms with van der Waals surface area (Å²) in [4.78, 5) is 38.9. The largest absolute Gasteiger partial charge is 0.481 e. The van der Waals surface area contributed by atoms with Crippen molar-refractivity contribution in [2.45, 2.75) is 44.9 Å². The summed E-state index contributed by atoms with van der Waals surface area (Å²) in [6.07, 6.45) is 4.39. The van der Waals surface area contributed by atoms with Gasteiger partial charge in [-0.3, -0.25) is 9.59 Å². The van der Waals surface area contributed by atoms with Crippen LogP contribution in [0.2, 0.25) is 0 Å². The van der Waals surface area contributed by atoms with Gasteiger partial charge < -0.3 is 19.8 Å². The van der Waals surface area contributed by atoms with Crippen molar-refractivity contribution >= 4 is 24.5 Å². The third-order valence-electron chi connectivity index (χ3n) is 1.68. The second-order valence-corrected chi connectivity index (χ2v) is 3.26. The molecule has 0 spiro atoms. The van der Waals surface area contributed by atoms with E-state index in [2.05, 4.69) is 0 Å². The van der Waals surface area contributed by atoms with Crippen LogP contribution in [0, 0.1) is 0 Å². The molecule has 0 saturated heterocycles. The number of hydrogen-bond donors (Lipinski definition) is 2. The second-order valence-electron chi connectivity index (χ2n) is 3.26. The molecule has 0 radical (unpaired) electrons. The SMILES string of the molecule is O=C(O)CCCCC(=O)O.O=CCCCC=O. The molecule has 0 atom stereocenters. The first kappa shape index (κ1) is 17.7. The van der Waals surface area contributed by atoms with Gasteiger partial charge in [0.2, 0.25) is 0 Å². The maximum absolute atomic E-state index is 9.90. The number of carboxylic acids is 2. The summed E-state index contributed by atoms with van der Waals surface area (Å²) in [7, 11) is 0. The molecule has 6 nitrogen and oxygen atoms in total. The monoisotopic (exact) mass is 246 g/mol. The molecular weight excluding hydrogens is 228 g/mol. The topological polar surface area (TPSA) is 109 Å². The van der Waals surface area contributed by atoms with Crippen molar-refractivity contribution in [3.05, 3.63) is 0 Å². The fraction of sp³-hybridized carbons (Fsp3) is 0.636. The van der Waals surface area contributed by atoms with Crippen LogP contribution in [0.5, 0.6) is 0 Å². The zero-order valence-electron chi connectivity index (χ0n) is 9.63. The quantitative estimate of drug-likeness (QED) is 0.468. The number of hydrogen-bond acceptors (Lipinski definition) is 4. The summed E-state index contributed by atoms with van der Waals surface area (Å²) >= 11 is 0. The smallest absolute Gasteiger partial charge is 0.303 e. The number of carbonyl (C=O) groups excluding carboxylic acids is 2. The van der Waals surface area contributed by atoms with E-state index in [1.165, 1.54) is 0 Å². The molecule has 0 fully saturated rings. The van der Waals surface area contributed by atoms with Gasteiger partial charge in [-0.1, -0.05) is 0 Å². The van der Waals surface area contributed by atoms with E-state index in [0.29, 0.717) is 32.1 Å². The third-order valence-corrected chi connectivity index (χ3v) is 1.68. The standard InChI is InChI=1S/C6H10O4.C5H8O2/c7-5(8)3-1-2-4-6(9)10;6-4-2-1-3-5-7/h1-4H2,(H,7,8)(H,9,10);4-5H,1-3H2. The number of aldehydes is 2. The van der Waals surface area contributed by atoms with Gasteiger partial charge in [0.25, 0.3) is 0 Å². The number of unbranched alkanes of at least 4 members (excludes halogenated alkanes) is 3. The molecule has 0 heterocycles. The van der Waals surface area contributed by atoms with Gasteiger partial charge in [0.15, 0.2) is 0 Å². The van der Waals surface area contributed by atoms with Gasteiger partial charge in [-0.05, 0) is 19.3 Å². The molecule has 0 amide bonds. The van der Waals surface area contributed by atoms with Gasteiger partial charge in [-0.2, -0.15) is 0 Å². The first-order valence-electron chi connectivity index (χ1n) is 5.35. The summed E-state index contributed by atoms with van der Waals surface area (Å²) in [6.45, 7) is 0. The van der Waals surface area contributed by atoms with Crippen molar-refractivity contribution in [1.82, 2.24) is 0 Å². The maximum atomic E-state index is 9.90. The minimum atomic E-state index is -0.870. The number of aliphatic carboxylic acids is 2. The lowest BCUT2D eigenvalue weighted by Crippen LogP contribution is -1.97. The van der Waals surface area contributed by atoms with E-state index < -0.39 is 11.9 Å². The molecule has 0 aromatic rings. The first-order valence-corrected chi connectivity index (χ1v) is 5.35. The van der Waals surface area contributed by atoms with Crippen LogP contribution in [0.25, 0.3) is 0 Å². The van der Waals surface area contributed by atoms with Crippen LogP contribution >= 0.6 is 0 Å². The van der Waals surface area contributed by atoms with Crippen molar-refractivity contribution in [3.8, 4) is 0 Å². The predicted molar refractivity (Wildman–Crippen MR) is 59.7 cm³/mol. The molecule has 0 aliphatic heterocycles. The fourth-order valence-corrected chi connectivity index (χ4v) is 0.837. The Morgan fingerprint density at radius 3 is 1.35 bits per heavy atom. The normalized spacial score (nSPS) is 8.71. The molecule has 0 bridgehead atoms. The lowest BCUT2D eigenvalue weighted by molar-refractivity contribution is -0.139. The zero-order chi connectivity index (χ0) is 13.5. The van der Waals surface area contributed by atoms with E-state index in [-0.39, 0.29) is 12.8 Å². The van der Waals surface area contributed by atoms with Crippen LogP contribution in [0.4, 0.5) is 0 Å². The second kappa shape index (κ2) is 14.3. The van der Waals surface area contributed by atoms with E-state index >= 15 is 0 Å². The number of carboxylic acid groups (broad SMARTS) is 2. The van der Waals surface area contributed by atoms with Crippen LogP contribution in [-0.4, -0.2) is 34.7 Å². The van der Waals surface area contributed by atoms with Gasteiger partial charge >= 0.3 is 11.9 Å². The predicted octanol–water partition coefficient (Wildman–Crippen LogP) is 1.27. The highest BCUT2D eigenvalue weighted by atomic mass is 16.4. The van der Waals surface area contributed by atoms with Gasteiger partial charge in [-0.25, -0.2) is 0 Å². The van der Waals surface area contributed by atoms with E-state index in [1.807, 2.05) is 0 Å². The summed E-state index contributed by atoms with van der Waals surface area (Å²) in [5, 5.41) is 16.3. The van der Waals surface area contributed by atoms with Crippen molar-refractivity contribution in [2.75, 3.05) is 0 Å². The fourth-order valence-electron chi connectivity index (χ4n) is 0.837. The Bertz CT molecular complexity index is 212. The minimum absolute atomic E-state index is 0.0628. The van der Waals surface area contributed by atoms with Gasteiger partial charge in [0.1, 0.15) is 12.6 Å². The average molecular weight is 246 g/mol. The molecule has 0 aliphatic carbocycles. The highest BCUT2D eigenvalue weighted by Crippen LogP contribution is 1.98. The molecular formula is C11H18O6. The zero-order valence-corrected chi connectivity index (χ0v) is 9.63. The third kappa shape index (κ3) is 25.0. The van der Waals surface area contributed by atoms with Crippen LogP contribution in [0.15, 0.2) is 0 Å². The summed E-state index contributed by atoms with van der Waals surface area (Å²) in [6, 6.07) is 0. The van der Waals surface area contributed by atoms with E-state index in [1.54, 1.807) is 0 Å². The van der Waals surface area contributed by atoms with Gasteiger partial charge in [-0.15, -0.1) is 0 Å². The maximum Gasteiger partial charge on any atom is 0.303 e. The molecule has 0 unspecified atom stereocenters. The Labute approximate surface area is 99.6 Å². The molecule has 6 heteroatoms. The summed E-state index contributed by atoms with van der Waals surface area (Å²) in [5.74, 6) is -1.74. The van der Waals surface area contributed by atoms with Crippen molar-refractivity contribution in [2.24, 2.45) is 0 Å². The van der Waals surface area contributed by atoms with Crippen LogP contribution in [0.1, 0.15) is 44.9 Å². The Kier molecular flexibility index (Phi) is 14.8. The lowest BCUT2D eigenvalue weighted by atomic mass is 10.2. The molecule has 2 N–H and O–H groups in total. The van der Waals surface area contributed by atoms with Crippen LogP contribution < -0.4 is 0 Å². The first-order chi connectivity index (χ1) is 8.04. The molecule has 0 rings (SSSR count). The van der Waals surface area contributed by atoms with Crippen LogP contribution in [0.3, 0.4) is 0 Å². The Morgan fingerprint density at radius 2 is 1.12 bits per heavy atom. The average Bonchev–Trinajstić information content (AvgIpc) is 2.26. The van der Waals surface area contributed by atoms with E-state index in [4.69, 9.17) is 10.2 Å². The summed E-state index contributed by atoms with van der Waals surface area (Å²) < 4.78 is 0. The highest BCUT2D eigenvalue weighted by molar-refractivity contribution is 5.67. The van der Waals surface area contributed by atoms with Gasteiger partial charge in [0, 0.05) is 25.7 Å². The minimum Gasteiger partial charge on any atom is -0.481 e. The Hall–Kier alpha value is -1.72. The van der Waals surface area contributed by atoms with Crippen molar-refractivity contribution < 1.29 is 29.4 Å². The number of rotatable bonds is 9. The van der Waals surface area contributed by atoms with E-state index in [0.717, 1.165) is 12.6 Å². The molecule has 0 saturated carbocycles. The van der Waals surface area contributed by atoms with Crippen LogP contribution in [-0.2, 0) is 19.2 Å². The molecule has 0 aliphatic rings. The molecule has 0 aromatic heterocycles.